The number of anilines is 1. The zero-order chi connectivity index (χ0) is 22.0. The first-order chi connectivity index (χ1) is 14.8. The fraction of sp³-hybridized carbons (Fsp3) is 0.375. The smallest absolute Gasteiger partial charge is 0.279 e. The summed E-state index contributed by atoms with van der Waals surface area (Å²) in [6.45, 7) is 6.04. The topological polar surface area (TPSA) is 60.1 Å². The quantitative estimate of drug-likeness (QED) is 0.592. The zero-order valence-corrected chi connectivity index (χ0v) is 18.8. The van der Waals surface area contributed by atoms with Gasteiger partial charge in [0, 0.05) is 35.8 Å². The Labute approximate surface area is 186 Å². The molecular weight excluding hydrogens is 412 g/mol. The van der Waals surface area contributed by atoms with Gasteiger partial charge >= 0.3 is 0 Å². The minimum absolute atomic E-state index is 0.0724. The number of rotatable bonds is 4. The Hall–Kier alpha value is -2.86. The molecule has 6 nitrogen and oxygen atoms in total. The zero-order valence-electron chi connectivity index (χ0n) is 18.1. The van der Waals surface area contributed by atoms with Crippen molar-refractivity contribution < 1.29 is 4.79 Å². The highest BCUT2D eigenvalue weighted by atomic mass is 35.5. The Morgan fingerprint density at radius 1 is 1.13 bits per heavy atom. The highest BCUT2D eigenvalue weighted by molar-refractivity contribution is 6.30. The number of nitrogens with zero attached hydrogens (tertiary/aromatic N) is 4. The van der Waals surface area contributed by atoms with E-state index in [1.54, 1.807) is 31.1 Å². The molecule has 2 aliphatic rings. The van der Waals surface area contributed by atoms with Crippen LogP contribution in [0, 0.1) is 6.92 Å². The molecule has 3 heterocycles. The van der Waals surface area contributed by atoms with Crippen LogP contribution >= 0.6 is 11.6 Å². The van der Waals surface area contributed by atoms with E-state index in [0.29, 0.717) is 27.9 Å². The number of amides is 1. The van der Waals surface area contributed by atoms with Crippen LogP contribution in [0.1, 0.15) is 77.8 Å². The molecule has 1 saturated carbocycles. The van der Waals surface area contributed by atoms with Crippen LogP contribution in [-0.4, -0.2) is 20.0 Å². The van der Waals surface area contributed by atoms with Crippen LogP contribution in [0.2, 0.25) is 5.02 Å². The molecule has 3 aromatic rings. The minimum Gasteiger partial charge on any atom is -0.326 e. The van der Waals surface area contributed by atoms with Gasteiger partial charge in [-0.1, -0.05) is 23.7 Å². The second-order valence-electron chi connectivity index (χ2n) is 8.87. The summed E-state index contributed by atoms with van der Waals surface area (Å²) in [6.07, 6.45) is 3.96. The van der Waals surface area contributed by atoms with Crippen molar-refractivity contribution in [3.05, 3.63) is 80.2 Å². The summed E-state index contributed by atoms with van der Waals surface area (Å²) in [5.74, 6) is 1.32. The first-order valence-corrected chi connectivity index (χ1v) is 11.0. The van der Waals surface area contributed by atoms with Gasteiger partial charge in [-0.15, -0.1) is 0 Å². The third-order valence-electron chi connectivity index (χ3n) is 6.18. The van der Waals surface area contributed by atoms with Crippen molar-refractivity contribution in [3.63, 3.8) is 0 Å². The molecule has 0 saturated heterocycles. The highest BCUT2D eigenvalue weighted by Gasteiger charge is 2.46. The van der Waals surface area contributed by atoms with Crippen molar-refractivity contribution in [2.24, 2.45) is 7.05 Å². The average molecular weight is 437 g/mol. The van der Waals surface area contributed by atoms with Crippen LogP contribution in [0.4, 0.5) is 5.69 Å². The number of aryl methyl sites for hydroxylation is 2. The number of fused-ring (bicyclic) bond motifs is 1. The maximum absolute atomic E-state index is 13.7. The molecule has 7 heteroatoms. The molecule has 0 radical (unpaired) electrons. The van der Waals surface area contributed by atoms with E-state index >= 15 is 0 Å². The molecule has 0 N–H and O–H groups in total. The van der Waals surface area contributed by atoms with Gasteiger partial charge in [-0.3, -0.25) is 14.5 Å². The number of carbonyl (C=O) groups is 1. The van der Waals surface area contributed by atoms with Crippen molar-refractivity contribution in [3.8, 4) is 0 Å². The van der Waals surface area contributed by atoms with E-state index in [9.17, 15) is 9.59 Å². The van der Waals surface area contributed by atoms with Gasteiger partial charge in [-0.25, -0.2) is 4.98 Å². The lowest BCUT2D eigenvalue weighted by Gasteiger charge is -2.29. The Morgan fingerprint density at radius 3 is 2.39 bits per heavy atom. The van der Waals surface area contributed by atoms with Crippen LogP contribution in [0.15, 0.2) is 41.3 Å². The van der Waals surface area contributed by atoms with Gasteiger partial charge < -0.3 is 9.13 Å². The van der Waals surface area contributed by atoms with Crippen LogP contribution in [-0.2, 0) is 7.05 Å². The fourth-order valence-electron chi connectivity index (χ4n) is 4.61. The van der Waals surface area contributed by atoms with Gasteiger partial charge in [0.05, 0.1) is 11.4 Å². The second kappa shape index (κ2) is 7.09. The number of hydrogen-bond donors (Lipinski definition) is 0. The summed E-state index contributed by atoms with van der Waals surface area (Å²) < 4.78 is 3.78. The SMILES string of the molecule is Cc1cc(N2C(=O)c3nc(C4CC4)n(C(C)C)c3C2c2ccc(Cl)cc2)cn(C)c1=O. The van der Waals surface area contributed by atoms with E-state index in [2.05, 4.69) is 18.4 Å². The minimum atomic E-state index is -0.334. The summed E-state index contributed by atoms with van der Waals surface area (Å²) in [7, 11) is 1.71. The number of imidazole rings is 1. The third kappa shape index (κ3) is 3.12. The maximum atomic E-state index is 13.7. The normalized spacial score (nSPS) is 18.2. The Bertz CT molecular complexity index is 1230. The number of pyridine rings is 1. The summed E-state index contributed by atoms with van der Waals surface area (Å²) in [6, 6.07) is 9.26. The molecule has 1 aliphatic heterocycles. The number of aromatic nitrogens is 3. The van der Waals surface area contributed by atoms with E-state index in [-0.39, 0.29) is 23.6 Å². The van der Waals surface area contributed by atoms with Crippen molar-refractivity contribution in [1.82, 2.24) is 14.1 Å². The molecule has 1 aromatic carbocycles. The molecule has 1 fully saturated rings. The lowest BCUT2D eigenvalue weighted by atomic mass is 10.0. The van der Waals surface area contributed by atoms with Crippen LogP contribution < -0.4 is 10.5 Å². The Balaban J connectivity index is 1.76. The lowest BCUT2D eigenvalue weighted by Crippen LogP contribution is -2.32. The first kappa shape index (κ1) is 20.1. The van der Waals surface area contributed by atoms with E-state index in [4.69, 9.17) is 16.6 Å². The number of hydrogen-bond acceptors (Lipinski definition) is 3. The molecule has 2 aromatic heterocycles. The standard InChI is InChI=1S/C24H25ClN4O2/c1-13(2)28-21-19(26-22(28)16-5-6-16)24(31)29(18-11-14(3)23(30)27(4)12-18)20(21)15-7-9-17(25)10-8-15/h7-13,16,20H,5-6H2,1-4H3. The van der Waals surface area contributed by atoms with Gasteiger partial charge in [0.2, 0.25) is 0 Å². The maximum Gasteiger partial charge on any atom is 0.279 e. The molecule has 5 rings (SSSR count). The average Bonchev–Trinajstić information content (AvgIpc) is 3.43. The molecule has 0 bridgehead atoms. The van der Waals surface area contributed by atoms with Crippen molar-refractivity contribution in [2.45, 2.75) is 51.6 Å². The van der Waals surface area contributed by atoms with Crippen molar-refractivity contribution >= 4 is 23.2 Å². The molecule has 1 unspecified atom stereocenters. The largest absolute Gasteiger partial charge is 0.326 e. The third-order valence-corrected chi connectivity index (χ3v) is 6.44. The summed E-state index contributed by atoms with van der Waals surface area (Å²) in [5, 5.41) is 0.647. The highest BCUT2D eigenvalue weighted by Crippen LogP contribution is 2.47. The van der Waals surface area contributed by atoms with E-state index in [1.165, 1.54) is 4.57 Å². The van der Waals surface area contributed by atoms with Gasteiger partial charge in [0.25, 0.3) is 11.5 Å². The number of halogens is 1. The van der Waals surface area contributed by atoms with Gasteiger partial charge in [0.1, 0.15) is 11.9 Å². The molecule has 1 amide bonds. The summed E-state index contributed by atoms with van der Waals surface area (Å²) in [4.78, 5) is 32.6. The van der Waals surface area contributed by atoms with Crippen LogP contribution in [0.25, 0.3) is 0 Å². The Morgan fingerprint density at radius 2 is 1.81 bits per heavy atom. The van der Waals surface area contributed by atoms with Gasteiger partial charge in [-0.05, 0) is 57.4 Å². The second-order valence-corrected chi connectivity index (χ2v) is 9.30. The molecule has 0 spiro atoms. The monoisotopic (exact) mass is 436 g/mol. The molecule has 160 valence electrons. The predicted molar refractivity (Wildman–Crippen MR) is 121 cm³/mol. The summed E-state index contributed by atoms with van der Waals surface area (Å²) in [5.41, 5.74) is 3.62. The van der Waals surface area contributed by atoms with Crippen molar-refractivity contribution in [2.75, 3.05) is 4.90 Å². The molecule has 1 atom stereocenters. The van der Waals surface area contributed by atoms with Crippen molar-refractivity contribution in [1.29, 1.82) is 0 Å². The predicted octanol–water partition coefficient (Wildman–Crippen LogP) is 4.75. The molecule has 31 heavy (non-hydrogen) atoms. The van der Waals surface area contributed by atoms with Gasteiger partial charge in [0.15, 0.2) is 5.69 Å². The Kier molecular flexibility index (Phi) is 4.59. The van der Waals surface area contributed by atoms with Gasteiger partial charge in [-0.2, -0.15) is 0 Å². The summed E-state index contributed by atoms with van der Waals surface area (Å²) >= 11 is 6.16. The van der Waals surface area contributed by atoms with E-state index in [0.717, 1.165) is 29.9 Å². The molecule has 1 aliphatic carbocycles. The van der Waals surface area contributed by atoms with E-state index < -0.39 is 0 Å². The number of benzene rings is 1. The van der Waals surface area contributed by atoms with Crippen LogP contribution in [0.3, 0.4) is 0 Å². The van der Waals surface area contributed by atoms with Crippen LogP contribution in [0.5, 0.6) is 0 Å². The van der Waals surface area contributed by atoms with E-state index in [1.807, 2.05) is 24.3 Å². The first-order valence-electron chi connectivity index (χ1n) is 10.7. The molecular formula is C24H25ClN4O2. The lowest BCUT2D eigenvalue weighted by molar-refractivity contribution is 0.0989. The number of carbonyl (C=O) groups excluding carboxylic acids is 1. The fourth-order valence-corrected chi connectivity index (χ4v) is 4.74.